The van der Waals surface area contributed by atoms with Gasteiger partial charge in [-0.1, -0.05) is 31.9 Å². The third-order valence-corrected chi connectivity index (χ3v) is 3.97. The van der Waals surface area contributed by atoms with E-state index < -0.39 is 0 Å². The fraction of sp³-hybridized carbons (Fsp3) is 0.647. The molecule has 0 spiro atoms. The van der Waals surface area contributed by atoms with Crippen LogP contribution in [0.25, 0.3) is 0 Å². The van der Waals surface area contributed by atoms with E-state index in [1.54, 1.807) is 7.11 Å². The molecule has 0 bridgehead atoms. The van der Waals surface area contributed by atoms with E-state index in [0.29, 0.717) is 0 Å². The fourth-order valence-electron chi connectivity index (χ4n) is 2.51. The minimum Gasteiger partial charge on any atom is -0.497 e. The van der Waals surface area contributed by atoms with Gasteiger partial charge in [0, 0.05) is 6.61 Å². The van der Waals surface area contributed by atoms with Crippen molar-refractivity contribution in [1.29, 1.82) is 0 Å². The predicted octanol–water partition coefficient (Wildman–Crippen LogP) is 3.55. The molecule has 2 unspecified atom stereocenters. The Hall–Kier alpha value is -1.06. The zero-order valence-corrected chi connectivity index (χ0v) is 12.9. The lowest BCUT2D eigenvalue weighted by Crippen LogP contribution is -2.32. The van der Waals surface area contributed by atoms with Crippen molar-refractivity contribution in [3.8, 4) is 5.75 Å². The molecule has 1 fully saturated rings. The van der Waals surface area contributed by atoms with Crippen LogP contribution in [0.1, 0.15) is 44.7 Å². The summed E-state index contributed by atoms with van der Waals surface area (Å²) in [6.45, 7) is 6.11. The van der Waals surface area contributed by atoms with Gasteiger partial charge in [-0.2, -0.15) is 0 Å². The van der Waals surface area contributed by atoms with Crippen LogP contribution in [0.4, 0.5) is 0 Å². The number of hydrogen-bond acceptors (Lipinski definition) is 3. The lowest BCUT2D eigenvalue weighted by Gasteiger charge is -2.25. The molecule has 1 aromatic rings. The highest BCUT2D eigenvalue weighted by molar-refractivity contribution is 5.29. The van der Waals surface area contributed by atoms with Crippen LogP contribution in [0.15, 0.2) is 24.3 Å². The molecule has 1 N–H and O–H groups in total. The Morgan fingerprint density at radius 3 is 2.50 bits per heavy atom. The predicted molar refractivity (Wildman–Crippen MR) is 82.2 cm³/mol. The summed E-state index contributed by atoms with van der Waals surface area (Å²) >= 11 is 0. The first-order valence-corrected chi connectivity index (χ1v) is 7.73. The van der Waals surface area contributed by atoms with Gasteiger partial charge in [-0.3, -0.25) is 0 Å². The maximum absolute atomic E-state index is 6.02. The van der Waals surface area contributed by atoms with Crippen LogP contribution >= 0.6 is 0 Å². The summed E-state index contributed by atoms with van der Waals surface area (Å²) in [6, 6.07) is 8.50. The standard InChI is InChI=1S/C17H27NO2/c1-4-18-17(13(2)20-12-11-14-5-6-14)15-7-9-16(19-3)10-8-15/h7-10,13-14,17-18H,4-6,11-12H2,1-3H3. The van der Waals surface area contributed by atoms with Crippen molar-refractivity contribution in [3.05, 3.63) is 29.8 Å². The molecule has 1 aliphatic rings. The number of nitrogens with one attached hydrogen (secondary N) is 1. The number of ether oxygens (including phenoxy) is 2. The Labute approximate surface area is 122 Å². The van der Waals surface area contributed by atoms with Gasteiger partial charge in [-0.05, 0) is 43.5 Å². The largest absolute Gasteiger partial charge is 0.497 e. The maximum atomic E-state index is 6.02. The highest BCUT2D eigenvalue weighted by atomic mass is 16.5. The third kappa shape index (κ3) is 4.50. The molecule has 0 heterocycles. The van der Waals surface area contributed by atoms with E-state index in [1.165, 1.54) is 24.8 Å². The SMILES string of the molecule is CCNC(c1ccc(OC)cc1)C(C)OCCC1CC1. The zero-order chi connectivity index (χ0) is 14.4. The van der Waals surface area contributed by atoms with Crippen molar-refractivity contribution in [2.45, 2.75) is 45.3 Å². The molecular formula is C17H27NO2. The summed E-state index contributed by atoms with van der Waals surface area (Å²) in [5, 5.41) is 3.52. The number of methoxy groups -OCH3 is 1. The fourth-order valence-corrected chi connectivity index (χ4v) is 2.51. The molecule has 0 aliphatic heterocycles. The molecule has 2 atom stereocenters. The molecule has 1 saturated carbocycles. The van der Waals surface area contributed by atoms with E-state index in [1.807, 2.05) is 12.1 Å². The summed E-state index contributed by atoms with van der Waals surface area (Å²) in [5.74, 6) is 1.83. The first-order valence-electron chi connectivity index (χ1n) is 7.73. The third-order valence-electron chi connectivity index (χ3n) is 3.97. The van der Waals surface area contributed by atoms with Gasteiger partial charge in [0.15, 0.2) is 0 Å². The highest BCUT2D eigenvalue weighted by Crippen LogP contribution is 2.32. The van der Waals surface area contributed by atoms with Crippen LogP contribution < -0.4 is 10.1 Å². The maximum Gasteiger partial charge on any atom is 0.118 e. The molecule has 0 saturated heterocycles. The second-order valence-corrected chi connectivity index (χ2v) is 5.62. The van der Waals surface area contributed by atoms with Gasteiger partial charge < -0.3 is 14.8 Å². The smallest absolute Gasteiger partial charge is 0.118 e. The monoisotopic (exact) mass is 277 g/mol. The summed E-state index contributed by atoms with van der Waals surface area (Å²) in [7, 11) is 1.69. The minimum absolute atomic E-state index is 0.182. The second-order valence-electron chi connectivity index (χ2n) is 5.62. The van der Waals surface area contributed by atoms with E-state index in [0.717, 1.165) is 24.8 Å². The summed E-state index contributed by atoms with van der Waals surface area (Å²) in [5.41, 5.74) is 1.26. The van der Waals surface area contributed by atoms with E-state index in [4.69, 9.17) is 9.47 Å². The van der Waals surface area contributed by atoms with Gasteiger partial charge >= 0.3 is 0 Å². The number of likely N-dealkylation sites (N-methyl/N-ethyl adjacent to an activating group) is 1. The van der Waals surface area contributed by atoms with Crippen LogP contribution in [0, 0.1) is 5.92 Å². The minimum atomic E-state index is 0.182. The molecule has 1 aromatic carbocycles. The molecule has 3 heteroatoms. The first kappa shape index (κ1) is 15.3. The van der Waals surface area contributed by atoms with Crippen LogP contribution in [0.3, 0.4) is 0 Å². The Morgan fingerprint density at radius 1 is 1.25 bits per heavy atom. The Balaban J connectivity index is 1.92. The summed E-state index contributed by atoms with van der Waals surface area (Å²) < 4.78 is 11.2. The van der Waals surface area contributed by atoms with E-state index in [2.05, 4.69) is 31.3 Å². The lowest BCUT2D eigenvalue weighted by molar-refractivity contribution is 0.0353. The molecule has 2 rings (SSSR count). The van der Waals surface area contributed by atoms with E-state index in [9.17, 15) is 0 Å². The Morgan fingerprint density at radius 2 is 1.95 bits per heavy atom. The molecule has 3 nitrogen and oxygen atoms in total. The quantitative estimate of drug-likeness (QED) is 0.749. The summed E-state index contributed by atoms with van der Waals surface area (Å²) in [4.78, 5) is 0. The normalized spacial score (nSPS) is 17.8. The van der Waals surface area contributed by atoms with E-state index >= 15 is 0 Å². The van der Waals surface area contributed by atoms with Crippen molar-refractivity contribution in [3.63, 3.8) is 0 Å². The lowest BCUT2D eigenvalue weighted by atomic mass is 10.0. The molecule has 0 radical (unpaired) electrons. The molecule has 0 aromatic heterocycles. The van der Waals surface area contributed by atoms with Gasteiger partial charge in [0.25, 0.3) is 0 Å². The Kier molecular flexibility index (Phi) is 5.86. The van der Waals surface area contributed by atoms with Crippen molar-refractivity contribution in [1.82, 2.24) is 5.32 Å². The van der Waals surface area contributed by atoms with Crippen molar-refractivity contribution in [2.24, 2.45) is 5.92 Å². The molecular weight excluding hydrogens is 250 g/mol. The van der Waals surface area contributed by atoms with Gasteiger partial charge in [-0.25, -0.2) is 0 Å². The highest BCUT2D eigenvalue weighted by Gasteiger charge is 2.23. The summed E-state index contributed by atoms with van der Waals surface area (Å²) in [6.07, 6.45) is 4.19. The van der Waals surface area contributed by atoms with Gasteiger partial charge in [0.1, 0.15) is 5.75 Å². The van der Waals surface area contributed by atoms with Crippen LogP contribution in [-0.2, 0) is 4.74 Å². The van der Waals surface area contributed by atoms with E-state index in [-0.39, 0.29) is 12.1 Å². The van der Waals surface area contributed by atoms with Crippen molar-refractivity contribution >= 4 is 0 Å². The topological polar surface area (TPSA) is 30.5 Å². The van der Waals surface area contributed by atoms with Crippen molar-refractivity contribution < 1.29 is 9.47 Å². The van der Waals surface area contributed by atoms with Crippen LogP contribution in [-0.4, -0.2) is 26.4 Å². The van der Waals surface area contributed by atoms with Crippen LogP contribution in [0.5, 0.6) is 5.75 Å². The molecule has 0 amide bonds. The van der Waals surface area contributed by atoms with Crippen LogP contribution in [0.2, 0.25) is 0 Å². The average Bonchev–Trinajstić information content (AvgIpc) is 3.29. The van der Waals surface area contributed by atoms with Crippen molar-refractivity contribution in [2.75, 3.05) is 20.3 Å². The molecule has 112 valence electrons. The van der Waals surface area contributed by atoms with Gasteiger partial charge in [0.2, 0.25) is 0 Å². The van der Waals surface area contributed by atoms with Gasteiger partial charge in [0.05, 0.1) is 19.3 Å². The number of hydrogen-bond donors (Lipinski definition) is 1. The average molecular weight is 277 g/mol. The second kappa shape index (κ2) is 7.65. The van der Waals surface area contributed by atoms with Gasteiger partial charge in [-0.15, -0.1) is 0 Å². The molecule has 20 heavy (non-hydrogen) atoms. The number of rotatable bonds is 9. The Bertz CT molecular complexity index is 386. The molecule has 1 aliphatic carbocycles. The zero-order valence-electron chi connectivity index (χ0n) is 12.9. The first-order chi connectivity index (χ1) is 9.74. The number of benzene rings is 1.